The fourth-order valence-electron chi connectivity index (χ4n) is 2.83. The smallest absolute Gasteiger partial charge is 0.158 e. The molecule has 0 N–H and O–H groups in total. The van der Waals surface area contributed by atoms with E-state index in [-0.39, 0.29) is 6.10 Å². The Morgan fingerprint density at radius 2 is 2.00 bits per heavy atom. The lowest BCUT2D eigenvalue weighted by atomic mass is 9.96. The molecule has 4 nitrogen and oxygen atoms in total. The average Bonchev–Trinajstić information content (AvgIpc) is 3.12. The number of aliphatic imine (C=N–C) groups is 1. The van der Waals surface area contributed by atoms with Crippen molar-refractivity contribution >= 4 is 29.3 Å². The van der Waals surface area contributed by atoms with Crippen LogP contribution in [-0.4, -0.2) is 30.5 Å². The average molecular weight is 370 g/mol. The van der Waals surface area contributed by atoms with Gasteiger partial charge in [-0.2, -0.15) is 0 Å². The summed E-state index contributed by atoms with van der Waals surface area (Å²) in [6, 6.07) is 12.3. The third-order valence-electron chi connectivity index (χ3n) is 4.63. The van der Waals surface area contributed by atoms with Crippen LogP contribution < -0.4 is 0 Å². The third kappa shape index (κ3) is 4.07. The summed E-state index contributed by atoms with van der Waals surface area (Å²) in [5, 5.41) is 4.92. The van der Waals surface area contributed by atoms with Crippen molar-refractivity contribution in [1.82, 2.24) is 4.90 Å². The number of benzene rings is 2. The molecular weight excluding hydrogens is 346 g/mol. The van der Waals surface area contributed by atoms with E-state index in [0.29, 0.717) is 5.02 Å². The van der Waals surface area contributed by atoms with Gasteiger partial charge in [0.2, 0.25) is 0 Å². The van der Waals surface area contributed by atoms with Crippen molar-refractivity contribution in [1.29, 1.82) is 0 Å². The Balaban J connectivity index is 1.77. The zero-order chi connectivity index (χ0) is 18.7. The molecule has 1 aliphatic rings. The van der Waals surface area contributed by atoms with Gasteiger partial charge in [0.15, 0.2) is 6.10 Å². The zero-order valence-electron chi connectivity index (χ0n) is 15.7. The first-order chi connectivity index (χ1) is 12.5. The van der Waals surface area contributed by atoms with E-state index in [1.165, 1.54) is 5.56 Å². The van der Waals surface area contributed by atoms with Gasteiger partial charge < -0.3 is 9.74 Å². The van der Waals surface area contributed by atoms with Crippen LogP contribution in [0.5, 0.6) is 0 Å². The molecule has 2 aromatic rings. The van der Waals surface area contributed by atoms with Crippen LogP contribution in [0.4, 0.5) is 5.69 Å². The summed E-state index contributed by atoms with van der Waals surface area (Å²) >= 11 is 6.45. The predicted molar refractivity (Wildman–Crippen MR) is 109 cm³/mol. The lowest BCUT2D eigenvalue weighted by Crippen LogP contribution is -2.14. The van der Waals surface area contributed by atoms with E-state index in [9.17, 15) is 0 Å². The Morgan fingerprint density at radius 1 is 1.27 bits per heavy atom. The van der Waals surface area contributed by atoms with Crippen LogP contribution in [0, 0.1) is 13.8 Å². The molecule has 0 saturated heterocycles. The molecule has 0 fully saturated rings. The van der Waals surface area contributed by atoms with Crippen LogP contribution in [0.15, 0.2) is 46.5 Å². The molecule has 0 radical (unpaired) electrons. The first-order valence-electron chi connectivity index (χ1n) is 8.82. The molecule has 5 heteroatoms. The van der Waals surface area contributed by atoms with E-state index in [1.54, 1.807) is 6.34 Å². The fourth-order valence-corrected chi connectivity index (χ4v) is 3.05. The van der Waals surface area contributed by atoms with Gasteiger partial charge >= 0.3 is 0 Å². The van der Waals surface area contributed by atoms with E-state index in [2.05, 4.69) is 55.2 Å². The van der Waals surface area contributed by atoms with Crippen molar-refractivity contribution < 1.29 is 4.84 Å². The maximum atomic E-state index is 6.45. The summed E-state index contributed by atoms with van der Waals surface area (Å²) < 4.78 is 0. The van der Waals surface area contributed by atoms with Gasteiger partial charge in [-0.3, -0.25) is 0 Å². The van der Waals surface area contributed by atoms with Gasteiger partial charge in [0, 0.05) is 20.0 Å². The number of hydrogen-bond donors (Lipinski definition) is 0. The second kappa shape index (κ2) is 7.92. The Kier molecular flexibility index (Phi) is 5.62. The van der Waals surface area contributed by atoms with Crippen molar-refractivity contribution in [3.8, 4) is 0 Å². The quantitative estimate of drug-likeness (QED) is 0.520. The van der Waals surface area contributed by atoms with E-state index in [4.69, 9.17) is 16.4 Å². The Hall–Kier alpha value is -2.33. The van der Waals surface area contributed by atoms with Crippen LogP contribution >= 0.6 is 11.6 Å². The first kappa shape index (κ1) is 18.5. The van der Waals surface area contributed by atoms with Gasteiger partial charge in [-0.1, -0.05) is 46.6 Å². The second-order valence-corrected chi connectivity index (χ2v) is 7.09. The fraction of sp³-hybridized carbons (Fsp3) is 0.333. The van der Waals surface area contributed by atoms with Crippen molar-refractivity contribution in [2.75, 3.05) is 13.6 Å². The topological polar surface area (TPSA) is 37.2 Å². The number of halogens is 1. The highest BCUT2D eigenvalue weighted by Crippen LogP contribution is 2.36. The normalized spacial score (nSPS) is 16.7. The van der Waals surface area contributed by atoms with Gasteiger partial charge in [0.05, 0.1) is 22.8 Å². The van der Waals surface area contributed by atoms with Gasteiger partial charge in [-0.15, -0.1) is 0 Å². The second-order valence-electron chi connectivity index (χ2n) is 6.68. The molecule has 0 spiro atoms. The van der Waals surface area contributed by atoms with Gasteiger partial charge in [-0.25, -0.2) is 4.99 Å². The van der Waals surface area contributed by atoms with Crippen molar-refractivity contribution in [2.45, 2.75) is 33.3 Å². The highest BCUT2D eigenvalue weighted by molar-refractivity contribution is 6.33. The lowest BCUT2D eigenvalue weighted by Gasteiger charge is -2.14. The van der Waals surface area contributed by atoms with Gasteiger partial charge in [0.25, 0.3) is 0 Å². The molecule has 1 heterocycles. The lowest BCUT2D eigenvalue weighted by molar-refractivity contribution is 0.0853. The Bertz CT molecular complexity index is 843. The van der Waals surface area contributed by atoms with Crippen LogP contribution in [0.25, 0.3) is 0 Å². The molecule has 2 aromatic carbocycles. The standard InChI is InChI=1S/C21H24ClN3O/c1-5-25(4)13-23-20-10-15(3)17(11-18(20)22)21-12-19(24-26-21)16-8-6-14(2)7-9-16/h6-11,13,21H,5,12H2,1-4H3. The first-order valence-corrected chi connectivity index (χ1v) is 9.20. The molecule has 0 amide bonds. The van der Waals surface area contributed by atoms with Crippen molar-refractivity contribution in [2.24, 2.45) is 10.1 Å². The monoisotopic (exact) mass is 369 g/mol. The minimum atomic E-state index is -0.111. The summed E-state index contributed by atoms with van der Waals surface area (Å²) in [4.78, 5) is 12.2. The van der Waals surface area contributed by atoms with Crippen molar-refractivity contribution in [3.05, 3.63) is 63.7 Å². The molecule has 1 aliphatic heterocycles. The van der Waals surface area contributed by atoms with E-state index < -0.39 is 0 Å². The van der Waals surface area contributed by atoms with Crippen LogP contribution in [0.3, 0.4) is 0 Å². The molecule has 1 unspecified atom stereocenters. The Morgan fingerprint density at radius 3 is 2.69 bits per heavy atom. The Labute approximate surface area is 160 Å². The summed E-state index contributed by atoms with van der Waals surface area (Å²) in [6.07, 6.45) is 2.42. The molecule has 26 heavy (non-hydrogen) atoms. The van der Waals surface area contributed by atoms with Crippen LogP contribution in [0.2, 0.25) is 5.02 Å². The molecule has 0 bridgehead atoms. The third-order valence-corrected chi connectivity index (χ3v) is 4.93. The minimum Gasteiger partial charge on any atom is -0.387 e. The summed E-state index contributed by atoms with van der Waals surface area (Å²) in [7, 11) is 1.98. The van der Waals surface area contributed by atoms with E-state index >= 15 is 0 Å². The number of aryl methyl sites for hydroxylation is 2. The molecular formula is C21H24ClN3O. The SMILES string of the molecule is CCN(C)C=Nc1cc(C)c(C2CC(c3ccc(C)cc3)=NO2)cc1Cl. The molecule has 1 atom stereocenters. The van der Waals surface area contributed by atoms with E-state index in [0.717, 1.165) is 41.1 Å². The largest absolute Gasteiger partial charge is 0.387 e. The molecule has 136 valence electrons. The number of rotatable bonds is 5. The molecule has 0 saturated carbocycles. The maximum absolute atomic E-state index is 6.45. The van der Waals surface area contributed by atoms with E-state index in [1.807, 2.05) is 24.1 Å². The summed E-state index contributed by atoms with van der Waals surface area (Å²) in [5.74, 6) is 0. The number of nitrogens with zero attached hydrogens (tertiary/aromatic N) is 3. The van der Waals surface area contributed by atoms with Crippen LogP contribution in [-0.2, 0) is 4.84 Å². The number of oxime groups is 1. The molecule has 0 aromatic heterocycles. The molecule has 3 rings (SSSR count). The van der Waals surface area contributed by atoms with Gasteiger partial charge in [0.1, 0.15) is 0 Å². The van der Waals surface area contributed by atoms with Crippen molar-refractivity contribution in [3.63, 3.8) is 0 Å². The summed E-state index contributed by atoms with van der Waals surface area (Å²) in [6.45, 7) is 7.10. The molecule has 0 aliphatic carbocycles. The van der Waals surface area contributed by atoms with Crippen LogP contribution in [0.1, 0.15) is 41.7 Å². The highest BCUT2D eigenvalue weighted by atomic mass is 35.5. The predicted octanol–water partition coefficient (Wildman–Crippen LogP) is 5.43. The minimum absolute atomic E-state index is 0.111. The summed E-state index contributed by atoms with van der Waals surface area (Å²) in [5.41, 5.74) is 6.24. The van der Waals surface area contributed by atoms with Gasteiger partial charge in [-0.05, 0) is 49.6 Å². The maximum Gasteiger partial charge on any atom is 0.158 e. The highest BCUT2D eigenvalue weighted by Gasteiger charge is 2.26. The zero-order valence-corrected chi connectivity index (χ0v) is 16.4. The number of hydrogen-bond acceptors (Lipinski definition) is 3.